The van der Waals surface area contributed by atoms with Gasteiger partial charge in [-0.2, -0.15) is 0 Å². The van der Waals surface area contributed by atoms with Gasteiger partial charge in [0.25, 0.3) is 0 Å². The van der Waals surface area contributed by atoms with E-state index in [1.165, 1.54) is 44.9 Å². The molecule has 4 rings (SSSR count). The molecule has 0 unspecified atom stereocenters. The lowest BCUT2D eigenvalue weighted by Crippen LogP contribution is -2.50. The fourth-order valence-corrected chi connectivity index (χ4v) is 5.30. The van der Waals surface area contributed by atoms with Crippen LogP contribution in [-0.4, -0.2) is 23.9 Å². The summed E-state index contributed by atoms with van der Waals surface area (Å²) in [5.41, 5.74) is 0.0546. The fraction of sp³-hybridized carbons (Fsp3) is 0.938. The molecular formula is C16H27NO. The number of carbonyl (C=O) groups is 1. The molecule has 0 aliphatic heterocycles. The third kappa shape index (κ3) is 1.88. The van der Waals surface area contributed by atoms with Gasteiger partial charge in [-0.25, -0.2) is 0 Å². The molecule has 0 N–H and O–H groups in total. The summed E-state index contributed by atoms with van der Waals surface area (Å²) >= 11 is 0. The molecular weight excluding hydrogens is 222 g/mol. The normalized spacial score (nSPS) is 41.8. The van der Waals surface area contributed by atoms with Gasteiger partial charge in [0, 0.05) is 13.1 Å². The molecule has 4 aliphatic carbocycles. The van der Waals surface area contributed by atoms with Crippen LogP contribution in [0.3, 0.4) is 0 Å². The van der Waals surface area contributed by atoms with E-state index in [2.05, 4.69) is 18.7 Å². The predicted molar refractivity (Wildman–Crippen MR) is 73.2 cm³/mol. The van der Waals surface area contributed by atoms with Gasteiger partial charge in [0.1, 0.15) is 0 Å². The summed E-state index contributed by atoms with van der Waals surface area (Å²) in [4.78, 5) is 15.0. The van der Waals surface area contributed by atoms with Gasteiger partial charge in [-0.1, -0.05) is 12.8 Å². The number of fused-ring (bicyclic) bond motifs is 1. The summed E-state index contributed by atoms with van der Waals surface area (Å²) in [5, 5.41) is 0. The highest BCUT2D eigenvalue weighted by atomic mass is 16.2. The van der Waals surface area contributed by atoms with Gasteiger partial charge in [-0.3, -0.25) is 4.79 Å². The Morgan fingerprint density at radius 1 is 1.00 bits per heavy atom. The van der Waals surface area contributed by atoms with Crippen LogP contribution in [0.15, 0.2) is 0 Å². The summed E-state index contributed by atoms with van der Waals surface area (Å²) < 4.78 is 0. The van der Waals surface area contributed by atoms with Crippen LogP contribution in [0.1, 0.15) is 58.8 Å². The Labute approximate surface area is 111 Å². The summed E-state index contributed by atoms with van der Waals surface area (Å²) in [6.07, 6.45) is 9.25. The second kappa shape index (κ2) is 4.54. The van der Waals surface area contributed by atoms with Crippen molar-refractivity contribution >= 4 is 5.91 Å². The first kappa shape index (κ1) is 12.5. The van der Waals surface area contributed by atoms with Gasteiger partial charge in [0.15, 0.2) is 0 Å². The molecule has 0 aromatic rings. The molecule has 2 nitrogen and oxygen atoms in total. The van der Waals surface area contributed by atoms with Crippen LogP contribution in [-0.2, 0) is 4.79 Å². The number of amides is 1. The maximum absolute atomic E-state index is 12.9. The third-order valence-electron chi connectivity index (χ3n) is 5.86. The minimum Gasteiger partial charge on any atom is -0.343 e. The predicted octanol–water partition coefficient (Wildman–Crippen LogP) is 3.46. The number of rotatable bonds is 3. The summed E-state index contributed by atoms with van der Waals surface area (Å²) in [6.45, 7) is 6.01. The van der Waals surface area contributed by atoms with E-state index in [-0.39, 0.29) is 5.41 Å². The molecule has 4 saturated carbocycles. The van der Waals surface area contributed by atoms with Crippen molar-refractivity contribution in [1.29, 1.82) is 0 Å². The Bertz CT molecular complexity index is 318. The highest BCUT2D eigenvalue weighted by Crippen LogP contribution is 2.58. The van der Waals surface area contributed by atoms with Crippen LogP contribution in [0, 0.1) is 23.2 Å². The Kier molecular flexibility index (Phi) is 3.15. The van der Waals surface area contributed by atoms with Gasteiger partial charge >= 0.3 is 0 Å². The number of hydrogen-bond acceptors (Lipinski definition) is 1. The quantitative estimate of drug-likeness (QED) is 0.750. The zero-order valence-electron chi connectivity index (χ0n) is 12.0. The monoisotopic (exact) mass is 249 g/mol. The molecule has 18 heavy (non-hydrogen) atoms. The van der Waals surface area contributed by atoms with E-state index in [0.717, 1.165) is 30.8 Å². The molecule has 2 atom stereocenters. The summed E-state index contributed by atoms with van der Waals surface area (Å²) in [5.74, 6) is 3.07. The second-order valence-corrected chi connectivity index (χ2v) is 7.02. The highest BCUT2D eigenvalue weighted by molar-refractivity contribution is 5.83. The molecule has 0 aromatic carbocycles. The van der Waals surface area contributed by atoms with Crippen molar-refractivity contribution in [2.45, 2.75) is 58.8 Å². The maximum atomic E-state index is 12.9. The summed E-state index contributed by atoms with van der Waals surface area (Å²) in [6, 6.07) is 0. The smallest absolute Gasteiger partial charge is 0.228 e. The molecule has 0 spiro atoms. The molecule has 1 amide bonds. The molecule has 0 heterocycles. The van der Waals surface area contributed by atoms with Gasteiger partial charge in [0.05, 0.1) is 5.41 Å². The molecule has 0 radical (unpaired) electrons. The average Bonchev–Trinajstić information content (AvgIpc) is 2.57. The van der Waals surface area contributed by atoms with Crippen molar-refractivity contribution in [1.82, 2.24) is 4.90 Å². The van der Waals surface area contributed by atoms with Crippen LogP contribution in [0.25, 0.3) is 0 Å². The molecule has 2 heteroatoms. The zero-order chi connectivity index (χ0) is 12.8. The zero-order valence-corrected chi connectivity index (χ0v) is 12.0. The Hall–Kier alpha value is -0.530. The van der Waals surface area contributed by atoms with E-state index in [9.17, 15) is 4.79 Å². The van der Waals surface area contributed by atoms with E-state index in [4.69, 9.17) is 0 Å². The third-order valence-corrected chi connectivity index (χ3v) is 5.86. The SMILES string of the molecule is CCN(CC)C(=O)C12CC3C[C@@H](CC[C@H](C3)C1)C2. The van der Waals surface area contributed by atoms with E-state index >= 15 is 0 Å². The minimum absolute atomic E-state index is 0.0546. The van der Waals surface area contributed by atoms with Crippen molar-refractivity contribution in [2.24, 2.45) is 23.2 Å². The standard InChI is InChI=1S/C16H27NO/c1-3-17(4-2)15(18)16-9-12-5-6-13(10-16)8-14(7-12)11-16/h12-14H,3-11H2,1-2H3/t12-,13-,14?,16?/m1/s1. The van der Waals surface area contributed by atoms with E-state index < -0.39 is 0 Å². The van der Waals surface area contributed by atoms with Crippen molar-refractivity contribution in [3.05, 3.63) is 0 Å². The van der Waals surface area contributed by atoms with Crippen molar-refractivity contribution in [2.75, 3.05) is 13.1 Å². The van der Waals surface area contributed by atoms with Crippen LogP contribution < -0.4 is 0 Å². The lowest BCUT2D eigenvalue weighted by Gasteiger charge is -2.48. The van der Waals surface area contributed by atoms with Gasteiger partial charge in [-0.05, 0) is 63.7 Å². The Balaban J connectivity index is 1.87. The number of hydrogen-bond donors (Lipinski definition) is 0. The summed E-state index contributed by atoms with van der Waals surface area (Å²) in [7, 11) is 0. The Morgan fingerprint density at radius 3 is 2.00 bits per heavy atom. The van der Waals surface area contributed by atoms with Crippen molar-refractivity contribution in [3.63, 3.8) is 0 Å². The maximum Gasteiger partial charge on any atom is 0.228 e. The first-order valence-corrected chi connectivity index (χ1v) is 7.96. The first-order valence-electron chi connectivity index (χ1n) is 7.96. The van der Waals surface area contributed by atoms with Gasteiger partial charge in [-0.15, -0.1) is 0 Å². The molecule has 0 saturated heterocycles. The highest BCUT2D eigenvalue weighted by Gasteiger charge is 2.53. The topological polar surface area (TPSA) is 20.3 Å². The molecule has 4 aliphatic rings. The van der Waals surface area contributed by atoms with Crippen LogP contribution in [0.4, 0.5) is 0 Å². The van der Waals surface area contributed by atoms with E-state index in [1.54, 1.807) is 0 Å². The van der Waals surface area contributed by atoms with Crippen molar-refractivity contribution in [3.8, 4) is 0 Å². The molecule has 4 fully saturated rings. The molecule has 0 aromatic heterocycles. The largest absolute Gasteiger partial charge is 0.343 e. The van der Waals surface area contributed by atoms with E-state index in [1.807, 2.05) is 0 Å². The van der Waals surface area contributed by atoms with Crippen LogP contribution in [0.5, 0.6) is 0 Å². The molecule has 102 valence electrons. The average molecular weight is 249 g/mol. The molecule has 4 bridgehead atoms. The first-order chi connectivity index (χ1) is 8.66. The lowest BCUT2D eigenvalue weighted by molar-refractivity contribution is -0.149. The number of nitrogens with zero attached hydrogens (tertiary/aromatic N) is 1. The Morgan fingerprint density at radius 2 is 1.50 bits per heavy atom. The van der Waals surface area contributed by atoms with Crippen molar-refractivity contribution < 1.29 is 4.79 Å². The minimum atomic E-state index is 0.0546. The lowest BCUT2D eigenvalue weighted by atomic mass is 9.58. The number of carbonyl (C=O) groups excluding carboxylic acids is 1. The van der Waals surface area contributed by atoms with Gasteiger partial charge < -0.3 is 4.90 Å². The van der Waals surface area contributed by atoms with Crippen LogP contribution >= 0.6 is 0 Å². The second-order valence-electron chi connectivity index (χ2n) is 7.02. The van der Waals surface area contributed by atoms with Gasteiger partial charge in [0.2, 0.25) is 5.91 Å². The van der Waals surface area contributed by atoms with Crippen LogP contribution in [0.2, 0.25) is 0 Å². The van der Waals surface area contributed by atoms with E-state index in [0.29, 0.717) is 5.91 Å². The fourth-order valence-electron chi connectivity index (χ4n) is 5.30.